The van der Waals surface area contributed by atoms with Crippen LogP contribution < -0.4 is 9.47 Å². The van der Waals surface area contributed by atoms with E-state index in [2.05, 4.69) is 22.9 Å². The quantitative estimate of drug-likeness (QED) is 0.283. The van der Waals surface area contributed by atoms with Crippen LogP contribution in [0.15, 0.2) is 45.8 Å². The highest BCUT2D eigenvalue weighted by Crippen LogP contribution is 2.38. The summed E-state index contributed by atoms with van der Waals surface area (Å²) in [6.45, 7) is 3.06. The molecule has 0 N–H and O–H groups in total. The number of methoxy groups -OCH3 is 1. The van der Waals surface area contributed by atoms with Gasteiger partial charge in [-0.25, -0.2) is 0 Å². The lowest BCUT2D eigenvalue weighted by Gasteiger charge is -2.14. The van der Waals surface area contributed by atoms with E-state index in [-0.39, 0.29) is 5.91 Å². The van der Waals surface area contributed by atoms with E-state index in [1.807, 2.05) is 42.5 Å². The topological polar surface area (TPSA) is 38.8 Å². The number of thiocarbonyl (C=S) groups is 1. The molecule has 2 aromatic rings. The molecule has 0 unspecified atom stereocenters. The van der Waals surface area contributed by atoms with Gasteiger partial charge in [-0.05, 0) is 36.3 Å². The van der Waals surface area contributed by atoms with Crippen molar-refractivity contribution < 1.29 is 14.3 Å². The lowest BCUT2D eigenvalue weighted by Crippen LogP contribution is -2.28. The Kier molecular flexibility index (Phi) is 8.22. The van der Waals surface area contributed by atoms with E-state index >= 15 is 0 Å². The number of halogens is 2. The average molecular weight is 527 g/mol. The largest absolute Gasteiger partial charge is 0.493 e. The van der Waals surface area contributed by atoms with Gasteiger partial charge in [0.05, 0.1) is 12.0 Å². The van der Waals surface area contributed by atoms with Gasteiger partial charge in [0.15, 0.2) is 11.5 Å². The number of amides is 1. The summed E-state index contributed by atoms with van der Waals surface area (Å²) in [5, 5.41) is 0.650. The van der Waals surface area contributed by atoms with Crippen molar-refractivity contribution in [2.45, 2.75) is 26.4 Å². The van der Waals surface area contributed by atoms with Gasteiger partial charge < -0.3 is 9.47 Å². The Balaban J connectivity index is 1.82. The molecule has 1 aliphatic heterocycles. The molecule has 0 saturated carbocycles. The zero-order valence-electron chi connectivity index (χ0n) is 16.6. The Hall–Kier alpha value is -1.54. The first-order chi connectivity index (χ1) is 14.4. The molecule has 0 bridgehead atoms. The molecule has 1 saturated heterocycles. The highest BCUT2D eigenvalue weighted by Gasteiger charge is 2.31. The summed E-state index contributed by atoms with van der Waals surface area (Å²) in [5.74, 6) is 1.10. The smallest absolute Gasteiger partial charge is 0.266 e. The minimum Gasteiger partial charge on any atom is -0.493 e. The molecule has 0 aromatic heterocycles. The number of benzene rings is 2. The van der Waals surface area contributed by atoms with Gasteiger partial charge in [-0.1, -0.05) is 83.1 Å². The maximum absolute atomic E-state index is 12.7. The average Bonchev–Trinajstić information content (AvgIpc) is 3.00. The molecule has 1 fully saturated rings. The number of ether oxygens (including phenoxy) is 2. The van der Waals surface area contributed by atoms with Crippen LogP contribution >= 0.6 is 51.5 Å². The zero-order chi connectivity index (χ0) is 21.7. The molecule has 0 spiro atoms. The van der Waals surface area contributed by atoms with Gasteiger partial charge in [0.1, 0.15) is 10.9 Å². The first-order valence-corrected chi connectivity index (χ1v) is 11.8. The van der Waals surface area contributed by atoms with Gasteiger partial charge >= 0.3 is 0 Å². The predicted molar refractivity (Wildman–Crippen MR) is 131 cm³/mol. The number of nitrogens with zero attached hydrogens (tertiary/aromatic N) is 1. The second-order valence-corrected chi connectivity index (χ2v) is 9.53. The van der Waals surface area contributed by atoms with Crippen molar-refractivity contribution in [1.82, 2.24) is 4.90 Å². The van der Waals surface area contributed by atoms with Crippen LogP contribution in [0.25, 0.3) is 6.08 Å². The first kappa shape index (κ1) is 23.1. The van der Waals surface area contributed by atoms with Crippen LogP contribution in [0.3, 0.4) is 0 Å². The van der Waals surface area contributed by atoms with Crippen LogP contribution in [0.5, 0.6) is 11.5 Å². The minimum atomic E-state index is -0.0524. The highest BCUT2D eigenvalue weighted by molar-refractivity contribution is 9.10. The molecule has 158 valence electrons. The molecule has 30 heavy (non-hydrogen) atoms. The van der Waals surface area contributed by atoms with E-state index in [0.717, 1.165) is 28.4 Å². The fourth-order valence-electron chi connectivity index (χ4n) is 2.85. The summed E-state index contributed by atoms with van der Waals surface area (Å²) >= 11 is 16.5. The Morgan fingerprint density at radius 3 is 2.73 bits per heavy atom. The number of hydrogen-bond acceptors (Lipinski definition) is 5. The van der Waals surface area contributed by atoms with Crippen molar-refractivity contribution >= 4 is 67.8 Å². The van der Waals surface area contributed by atoms with E-state index < -0.39 is 0 Å². The number of carbonyl (C=O) groups excluding carboxylic acids is 1. The summed E-state index contributed by atoms with van der Waals surface area (Å²) in [5.41, 5.74) is 1.70. The van der Waals surface area contributed by atoms with Gasteiger partial charge in [0.25, 0.3) is 5.91 Å². The third-order valence-electron chi connectivity index (χ3n) is 4.52. The first-order valence-electron chi connectivity index (χ1n) is 9.43. The molecule has 1 amide bonds. The third-order valence-corrected chi connectivity index (χ3v) is 6.95. The van der Waals surface area contributed by atoms with E-state index in [9.17, 15) is 4.79 Å². The Morgan fingerprint density at radius 1 is 1.27 bits per heavy atom. The molecule has 2 aromatic carbocycles. The van der Waals surface area contributed by atoms with Crippen molar-refractivity contribution in [2.75, 3.05) is 13.7 Å². The fraction of sp³-hybridized carbons (Fsp3) is 0.273. The number of unbranched alkanes of at least 4 members (excludes halogenated alkanes) is 1. The van der Waals surface area contributed by atoms with Gasteiger partial charge in [-0.3, -0.25) is 9.69 Å². The van der Waals surface area contributed by atoms with E-state index in [0.29, 0.717) is 38.9 Å². The van der Waals surface area contributed by atoms with Crippen molar-refractivity contribution in [1.29, 1.82) is 0 Å². The zero-order valence-corrected chi connectivity index (χ0v) is 20.6. The Labute approximate surface area is 199 Å². The van der Waals surface area contributed by atoms with Gasteiger partial charge in [-0.2, -0.15) is 0 Å². The van der Waals surface area contributed by atoms with Crippen molar-refractivity contribution in [3.63, 3.8) is 0 Å². The molecular formula is C22H21BrClNO3S2. The Bertz CT molecular complexity index is 996. The van der Waals surface area contributed by atoms with Crippen molar-refractivity contribution in [2.24, 2.45) is 0 Å². The molecule has 3 rings (SSSR count). The summed E-state index contributed by atoms with van der Waals surface area (Å²) in [6, 6.07) is 11.2. The van der Waals surface area contributed by atoms with E-state index in [1.165, 1.54) is 11.8 Å². The lowest BCUT2D eigenvalue weighted by atomic mass is 10.1. The predicted octanol–water partition coefficient (Wildman–Crippen LogP) is 6.69. The second kappa shape index (κ2) is 10.7. The van der Waals surface area contributed by atoms with Crippen molar-refractivity contribution in [3.8, 4) is 11.5 Å². The number of thioether (sulfide) groups is 1. The van der Waals surface area contributed by atoms with Gasteiger partial charge in [-0.15, -0.1) is 0 Å². The molecule has 0 aliphatic carbocycles. The summed E-state index contributed by atoms with van der Waals surface area (Å²) in [4.78, 5) is 15.0. The van der Waals surface area contributed by atoms with Crippen LogP contribution in [0.4, 0.5) is 0 Å². The fourth-order valence-corrected chi connectivity index (χ4v) is 4.78. The van der Waals surface area contributed by atoms with Crippen LogP contribution in [0.2, 0.25) is 5.02 Å². The molecular weight excluding hydrogens is 506 g/mol. The molecule has 4 nitrogen and oxygen atoms in total. The summed E-state index contributed by atoms with van der Waals surface area (Å²) in [7, 11) is 1.58. The maximum Gasteiger partial charge on any atom is 0.266 e. The van der Waals surface area contributed by atoms with Gasteiger partial charge in [0.2, 0.25) is 0 Å². The Morgan fingerprint density at radius 2 is 2.03 bits per heavy atom. The minimum absolute atomic E-state index is 0.0524. The molecule has 8 heteroatoms. The summed E-state index contributed by atoms with van der Waals surface area (Å²) < 4.78 is 12.8. The highest BCUT2D eigenvalue weighted by atomic mass is 79.9. The number of rotatable bonds is 8. The summed E-state index contributed by atoms with van der Waals surface area (Å²) in [6.07, 6.45) is 3.76. The molecule has 0 radical (unpaired) electrons. The molecule has 0 atom stereocenters. The SMILES string of the molecule is CCCCN1C(=O)/C(=C/c2cc(OC)c(OCc3ccccc3Cl)cc2Br)SC1=S. The number of carbonyl (C=O) groups is 1. The molecule has 1 heterocycles. The van der Waals surface area contributed by atoms with E-state index in [4.69, 9.17) is 33.3 Å². The number of hydrogen-bond donors (Lipinski definition) is 0. The van der Waals surface area contributed by atoms with Crippen LogP contribution in [-0.4, -0.2) is 28.8 Å². The maximum atomic E-state index is 12.7. The van der Waals surface area contributed by atoms with Crippen molar-refractivity contribution in [3.05, 3.63) is 61.9 Å². The molecule has 1 aliphatic rings. The third kappa shape index (κ3) is 5.38. The monoisotopic (exact) mass is 525 g/mol. The van der Waals surface area contributed by atoms with Crippen LogP contribution in [0.1, 0.15) is 30.9 Å². The normalized spacial score (nSPS) is 15.2. The van der Waals surface area contributed by atoms with E-state index in [1.54, 1.807) is 12.0 Å². The lowest BCUT2D eigenvalue weighted by molar-refractivity contribution is -0.122. The van der Waals surface area contributed by atoms with Gasteiger partial charge in [0, 0.05) is 21.6 Å². The standard InChI is InChI=1S/C22H21BrClNO3S2/c1-3-4-9-25-21(26)20(30-22(25)29)11-15-10-18(27-2)19(12-16(15)23)28-13-14-7-5-6-8-17(14)24/h5-8,10-12H,3-4,9,13H2,1-2H3/b20-11-. The van der Waals surface area contributed by atoms with Crippen LogP contribution in [0, 0.1) is 0 Å². The second-order valence-electron chi connectivity index (χ2n) is 6.59. The van der Waals surface area contributed by atoms with Crippen LogP contribution in [-0.2, 0) is 11.4 Å².